The molecule has 0 aliphatic rings. The maximum absolute atomic E-state index is 13.6. The molecule has 0 fully saturated rings. The zero-order valence-corrected chi connectivity index (χ0v) is 14.0. The number of hydrogen-bond acceptors (Lipinski definition) is 2. The van der Waals surface area contributed by atoms with Crippen molar-refractivity contribution in [2.24, 2.45) is 0 Å². The van der Waals surface area contributed by atoms with Crippen LogP contribution < -0.4 is 10.6 Å². The Labute approximate surface area is 145 Å². The summed E-state index contributed by atoms with van der Waals surface area (Å²) in [6.45, 7) is 1.75. The van der Waals surface area contributed by atoms with Gasteiger partial charge >= 0.3 is 6.03 Å². The summed E-state index contributed by atoms with van der Waals surface area (Å²) in [7, 11) is 0. The van der Waals surface area contributed by atoms with E-state index in [1.807, 2.05) is 0 Å². The van der Waals surface area contributed by atoms with E-state index >= 15 is 0 Å². The lowest BCUT2D eigenvalue weighted by atomic mass is 9.98. The Balaban J connectivity index is 2.16. The van der Waals surface area contributed by atoms with Crippen molar-refractivity contribution in [3.63, 3.8) is 0 Å². The summed E-state index contributed by atoms with van der Waals surface area (Å²) in [5, 5.41) is 14.4. The van der Waals surface area contributed by atoms with Gasteiger partial charge < -0.3 is 15.7 Å². The molecule has 134 valence electrons. The summed E-state index contributed by atoms with van der Waals surface area (Å²) < 4.78 is 27.0. The molecule has 2 atom stereocenters. The highest BCUT2D eigenvalue weighted by Gasteiger charge is 2.17. The molecule has 2 aromatic carbocycles. The summed E-state index contributed by atoms with van der Waals surface area (Å²) in [5.74, 6) is -0.769. The Morgan fingerprint density at radius 1 is 1.08 bits per heavy atom. The van der Waals surface area contributed by atoms with Gasteiger partial charge in [0.05, 0.1) is 6.04 Å². The SMILES string of the molecule is C[C@H](CCO)NC(=O)NC(Cc1cccc(F)c1)c1cccc(F)c1. The first kappa shape index (κ1) is 18.9. The molecule has 0 radical (unpaired) electrons. The van der Waals surface area contributed by atoms with E-state index in [0.29, 0.717) is 24.0 Å². The Hall–Kier alpha value is -2.47. The number of amides is 2. The van der Waals surface area contributed by atoms with Crippen LogP contribution in [0.15, 0.2) is 48.5 Å². The van der Waals surface area contributed by atoms with Gasteiger partial charge in [0.2, 0.25) is 0 Å². The van der Waals surface area contributed by atoms with E-state index in [2.05, 4.69) is 10.6 Å². The van der Waals surface area contributed by atoms with Crippen molar-refractivity contribution < 1.29 is 18.7 Å². The molecule has 3 N–H and O–H groups in total. The molecule has 0 bridgehead atoms. The summed E-state index contributed by atoms with van der Waals surface area (Å²) in [5.41, 5.74) is 1.28. The van der Waals surface area contributed by atoms with Crippen molar-refractivity contribution >= 4 is 6.03 Å². The van der Waals surface area contributed by atoms with Crippen molar-refractivity contribution in [1.29, 1.82) is 0 Å². The first-order chi connectivity index (χ1) is 12.0. The molecule has 2 amide bonds. The number of halogens is 2. The number of carbonyl (C=O) groups is 1. The smallest absolute Gasteiger partial charge is 0.315 e. The number of aliphatic hydroxyl groups excluding tert-OH is 1. The number of urea groups is 1. The average Bonchev–Trinajstić information content (AvgIpc) is 2.54. The molecule has 25 heavy (non-hydrogen) atoms. The van der Waals surface area contributed by atoms with Gasteiger partial charge in [-0.2, -0.15) is 0 Å². The standard InChI is InChI=1S/C19H22F2N2O2/c1-13(8-9-24)22-19(25)23-18(15-5-3-7-17(21)12-15)11-14-4-2-6-16(20)10-14/h2-7,10,12-13,18,24H,8-9,11H2,1H3,(H2,22,23,25)/t13-,18?/m1/s1. The van der Waals surface area contributed by atoms with Gasteiger partial charge in [-0.1, -0.05) is 24.3 Å². The molecular formula is C19H22F2N2O2. The second-order valence-electron chi connectivity index (χ2n) is 5.97. The second kappa shape index (κ2) is 9.13. The fraction of sp³-hybridized carbons (Fsp3) is 0.316. The molecular weight excluding hydrogens is 326 g/mol. The van der Waals surface area contributed by atoms with Crippen molar-refractivity contribution in [3.8, 4) is 0 Å². The van der Waals surface area contributed by atoms with Crippen LogP contribution in [0.2, 0.25) is 0 Å². The molecule has 2 rings (SSSR count). The third-order valence-electron chi connectivity index (χ3n) is 3.82. The van der Waals surface area contributed by atoms with E-state index < -0.39 is 17.9 Å². The summed E-state index contributed by atoms with van der Waals surface area (Å²) in [6, 6.07) is 10.9. The van der Waals surface area contributed by atoms with Gasteiger partial charge in [0.25, 0.3) is 0 Å². The number of aliphatic hydroxyl groups is 1. The number of hydrogen-bond donors (Lipinski definition) is 3. The topological polar surface area (TPSA) is 61.4 Å². The first-order valence-electron chi connectivity index (χ1n) is 8.15. The minimum Gasteiger partial charge on any atom is -0.396 e. The van der Waals surface area contributed by atoms with Gasteiger partial charge in [0.1, 0.15) is 11.6 Å². The van der Waals surface area contributed by atoms with E-state index in [-0.39, 0.29) is 18.5 Å². The first-order valence-corrected chi connectivity index (χ1v) is 8.15. The lowest BCUT2D eigenvalue weighted by Crippen LogP contribution is -2.43. The molecule has 6 heteroatoms. The van der Waals surface area contributed by atoms with Crippen molar-refractivity contribution in [1.82, 2.24) is 10.6 Å². The average molecular weight is 348 g/mol. The Morgan fingerprint density at radius 2 is 1.76 bits per heavy atom. The van der Waals surface area contributed by atoms with Gasteiger partial charge in [0.15, 0.2) is 0 Å². The minimum atomic E-state index is -0.515. The third kappa shape index (κ3) is 6.15. The van der Waals surface area contributed by atoms with Crippen molar-refractivity contribution in [2.75, 3.05) is 6.61 Å². The quantitative estimate of drug-likeness (QED) is 0.719. The van der Waals surface area contributed by atoms with Crippen LogP contribution in [-0.4, -0.2) is 23.8 Å². The van der Waals surface area contributed by atoms with Gasteiger partial charge in [-0.25, -0.2) is 13.6 Å². The number of carbonyl (C=O) groups excluding carboxylic acids is 1. The molecule has 4 nitrogen and oxygen atoms in total. The largest absolute Gasteiger partial charge is 0.396 e. The lowest BCUT2D eigenvalue weighted by Gasteiger charge is -2.21. The van der Waals surface area contributed by atoms with Gasteiger partial charge in [-0.15, -0.1) is 0 Å². The molecule has 0 saturated carbocycles. The van der Waals surface area contributed by atoms with E-state index in [1.54, 1.807) is 31.2 Å². The summed E-state index contributed by atoms with van der Waals surface area (Å²) in [4.78, 5) is 12.2. The van der Waals surface area contributed by atoms with Crippen molar-refractivity contribution in [2.45, 2.75) is 31.8 Å². The van der Waals surface area contributed by atoms with Crippen LogP contribution in [0.25, 0.3) is 0 Å². The van der Waals surface area contributed by atoms with Crippen LogP contribution in [-0.2, 0) is 6.42 Å². The molecule has 0 spiro atoms. The zero-order chi connectivity index (χ0) is 18.2. The Bertz CT molecular complexity index is 709. The highest BCUT2D eigenvalue weighted by Crippen LogP contribution is 2.20. The molecule has 0 saturated heterocycles. The fourth-order valence-corrected chi connectivity index (χ4v) is 2.56. The van der Waals surface area contributed by atoms with Crippen LogP contribution in [0.4, 0.5) is 13.6 Å². The Morgan fingerprint density at radius 3 is 2.40 bits per heavy atom. The summed E-state index contributed by atoms with van der Waals surface area (Å²) >= 11 is 0. The zero-order valence-electron chi connectivity index (χ0n) is 14.0. The van der Waals surface area contributed by atoms with Crippen LogP contribution >= 0.6 is 0 Å². The normalized spacial score (nSPS) is 13.1. The predicted molar refractivity (Wildman–Crippen MR) is 92.1 cm³/mol. The van der Waals surface area contributed by atoms with E-state index in [4.69, 9.17) is 5.11 Å². The highest BCUT2D eigenvalue weighted by molar-refractivity contribution is 5.74. The Kier molecular flexibility index (Phi) is 6.89. The molecule has 1 unspecified atom stereocenters. The number of rotatable bonds is 7. The monoisotopic (exact) mass is 348 g/mol. The molecule has 0 aromatic heterocycles. The number of nitrogens with one attached hydrogen (secondary N) is 2. The van der Waals surface area contributed by atoms with E-state index in [9.17, 15) is 13.6 Å². The predicted octanol–water partition coefficient (Wildman–Crippen LogP) is 3.32. The van der Waals surface area contributed by atoms with E-state index in [1.165, 1.54) is 24.3 Å². The van der Waals surface area contributed by atoms with Crippen LogP contribution in [0.5, 0.6) is 0 Å². The lowest BCUT2D eigenvalue weighted by molar-refractivity contribution is 0.227. The van der Waals surface area contributed by atoms with Crippen LogP contribution in [0.1, 0.15) is 30.5 Å². The molecule has 0 aliphatic heterocycles. The fourth-order valence-electron chi connectivity index (χ4n) is 2.56. The minimum absolute atomic E-state index is 0.0297. The third-order valence-corrected chi connectivity index (χ3v) is 3.82. The molecule has 0 aliphatic carbocycles. The maximum atomic E-state index is 13.6. The highest BCUT2D eigenvalue weighted by atomic mass is 19.1. The maximum Gasteiger partial charge on any atom is 0.315 e. The van der Waals surface area contributed by atoms with Gasteiger partial charge in [0, 0.05) is 12.6 Å². The van der Waals surface area contributed by atoms with Gasteiger partial charge in [-0.3, -0.25) is 0 Å². The number of benzene rings is 2. The molecule has 0 heterocycles. The summed E-state index contributed by atoms with van der Waals surface area (Å²) in [6.07, 6.45) is 0.755. The van der Waals surface area contributed by atoms with Gasteiger partial charge in [-0.05, 0) is 55.2 Å². The van der Waals surface area contributed by atoms with Crippen molar-refractivity contribution in [3.05, 3.63) is 71.3 Å². The van der Waals surface area contributed by atoms with Crippen LogP contribution in [0.3, 0.4) is 0 Å². The molecule has 2 aromatic rings. The second-order valence-corrected chi connectivity index (χ2v) is 5.97. The van der Waals surface area contributed by atoms with E-state index in [0.717, 1.165) is 0 Å². The van der Waals surface area contributed by atoms with Crippen LogP contribution in [0, 0.1) is 11.6 Å².